The van der Waals surface area contributed by atoms with Crippen molar-refractivity contribution in [1.82, 2.24) is 0 Å². The Kier molecular flexibility index (Phi) is 8.28. The first-order chi connectivity index (χ1) is 10.7. The molecule has 4 nitrogen and oxygen atoms in total. The summed E-state index contributed by atoms with van der Waals surface area (Å²) in [6.45, 7) is 6.59. The number of hydrogen-bond acceptors (Lipinski definition) is 4. The zero-order valence-corrected chi connectivity index (χ0v) is 13.3. The minimum atomic E-state index is -1.45. The van der Waals surface area contributed by atoms with Crippen LogP contribution in [0.5, 0.6) is 0 Å². The molecule has 1 N–H and O–H groups in total. The van der Waals surface area contributed by atoms with Crippen molar-refractivity contribution >= 4 is 0 Å². The second-order valence-corrected chi connectivity index (χ2v) is 4.16. The number of ether oxygens (including phenoxy) is 3. The molecule has 22 heavy (non-hydrogen) atoms. The van der Waals surface area contributed by atoms with Crippen molar-refractivity contribution in [3.8, 4) is 23.7 Å². The lowest BCUT2D eigenvalue weighted by Crippen LogP contribution is -2.38. The Labute approximate surface area is 132 Å². The van der Waals surface area contributed by atoms with Crippen molar-refractivity contribution in [2.45, 2.75) is 32.8 Å². The maximum absolute atomic E-state index is 9.86. The van der Waals surface area contributed by atoms with E-state index >= 15 is 0 Å². The highest BCUT2D eigenvalue weighted by atomic mass is 16.9. The van der Waals surface area contributed by atoms with Crippen LogP contribution in [0.25, 0.3) is 0 Å². The highest BCUT2D eigenvalue weighted by molar-refractivity contribution is 5.36. The van der Waals surface area contributed by atoms with Crippen LogP contribution < -0.4 is 0 Å². The van der Waals surface area contributed by atoms with E-state index in [-0.39, 0.29) is 0 Å². The van der Waals surface area contributed by atoms with Crippen molar-refractivity contribution in [1.29, 1.82) is 0 Å². The van der Waals surface area contributed by atoms with E-state index in [1.54, 1.807) is 0 Å². The molecule has 118 valence electrons. The molecule has 0 bridgehead atoms. The van der Waals surface area contributed by atoms with Crippen molar-refractivity contribution in [2.24, 2.45) is 0 Å². The molecule has 1 aromatic rings. The molecule has 0 radical (unpaired) electrons. The quantitative estimate of drug-likeness (QED) is 0.646. The van der Waals surface area contributed by atoms with Gasteiger partial charge < -0.3 is 19.3 Å². The normalized spacial score (nSPS) is 11.8. The standard InChI is InChI=1S/C18H22O4/c1-4-20-18(21-5-2,22-6-3)15-14-17(19)13-12-16-10-8-7-9-11-16/h7-11,17,19H,4-6H2,1-3H3. The van der Waals surface area contributed by atoms with Crippen LogP contribution in [0.1, 0.15) is 26.3 Å². The van der Waals surface area contributed by atoms with Crippen LogP contribution in [0.2, 0.25) is 0 Å². The fourth-order valence-electron chi connectivity index (χ4n) is 1.67. The molecule has 0 saturated heterocycles. The van der Waals surface area contributed by atoms with Crippen molar-refractivity contribution in [2.75, 3.05) is 19.8 Å². The van der Waals surface area contributed by atoms with Crippen LogP contribution >= 0.6 is 0 Å². The minimum Gasteiger partial charge on any atom is -0.369 e. The van der Waals surface area contributed by atoms with E-state index in [1.165, 1.54) is 0 Å². The summed E-state index contributed by atoms with van der Waals surface area (Å²) in [5.74, 6) is 9.37. The molecular weight excluding hydrogens is 280 g/mol. The van der Waals surface area contributed by atoms with Gasteiger partial charge in [-0.3, -0.25) is 0 Å². The summed E-state index contributed by atoms with van der Waals surface area (Å²) in [4.78, 5) is 0. The highest BCUT2D eigenvalue weighted by Gasteiger charge is 2.30. The maximum atomic E-state index is 9.86. The zero-order valence-electron chi connectivity index (χ0n) is 13.3. The van der Waals surface area contributed by atoms with Gasteiger partial charge in [-0.1, -0.05) is 30.0 Å². The van der Waals surface area contributed by atoms with Gasteiger partial charge >= 0.3 is 5.97 Å². The predicted molar refractivity (Wildman–Crippen MR) is 84.7 cm³/mol. The lowest BCUT2D eigenvalue weighted by Gasteiger charge is -2.26. The molecular formula is C18H22O4. The number of hydrogen-bond donors (Lipinski definition) is 1. The van der Waals surface area contributed by atoms with E-state index in [2.05, 4.69) is 23.7 Å². The van der Waals surface area contributed by atoms with E-state index in [4.69, 9.17) is 14.2 Å². The summed E-state index contributed by atoms with van der Waals surface area (Å²) in [6.07, 6.45) is -1.11. The van der Waals surface area contributed by atoms with Crippen LogP contribution in [-0.4, -0.2) is 37.0 Å². The van der Waals surface area contributed by atoms with E-state index in [0.717, 1.165) is 5.56 Å². The average Bonchev–Trinajstić information content (AvgIpc) is 2.53. The van der Waals surface area contributed by atoms with Gasteiger partial charge in [0.15, 0.2) is 6.10 Å². The Morgan fingerprint density at radius 2 is 1.50 bits per heavy atom. The monoisotopic (exact) mass is 302 g/mol. The van der Waals surface area contributed by atoms with Crippen molar-refractivity contribution < 1.29 is 19.3 Å². The molecule has 0 amide bonds. The van der Waals surface area contributed by atoms with Crippen molar-refractivity contribution in [3.63, 3.8) is 0 Å². The molecule has 1 unspecified atom stereocenters. The Bertz CT molecular complexity index is 528. The topological polar surface area (TPSA) is 47.9 Å². The summed E-state index contributed by atoms with van der Waals surface area (Å²) >= 11 is 0. The molecule has 0 fully saturated rings. The first-order valence-electron chi connectivity index (χ1n) is 7.35. The Balaban J connectivity index is 2.84. The molecule has 1 rings (SSSR count). The maximum Gasteiger partial charge on any atom is 0.353 e. The molecule has 0 saturated carbocycles. The fraction of sp³-hybridized carbons (Fsp3) is 0.444. The number of aliphatic hydroxyl groups is 1. The first-order valence-corrected chi connectivity index (χ1v) is 7.35. The lowest BCUT2D eigenvalue weighted by atomic mass is 10.2. The first kappa shape index (κ1) is 18.2. The summed E-state index contributed by atoms with van der Waals surface area (Å²) in [5, 5.41) is 9.86. The Hall–Kier alpha value is -1.82. The summed E-state index contributed by atoms with van der Waals surface area (Å²) in [6, 6.07) is 9.39. The summed E-state index contributed by atoms with van der Waals surface area (Å²) < 4.78 is 16.3. The molecule has 0 aromatic heterocycles. The molecule has 0 spiro atoms. The minimum absolute atomic E-state index is 0.375. The SMILES string of the molecule is CCOC(C#CC(O)C#Cc1ccccc1)(OCC)OCC. The van der Waals surface area contributed by atoms with Gasteiger partial charge in [0, 0.05) is 5.56 Å². The van der Waals surface area contributed by atoms with Gasteiger partial charge in [0.2, 0.25) is 0 Å². The zero-order chi connectivity index (χ0) is 16.3. The lowest BCUT2D eigenvalue weighted by molar-refractivity contribution is -0.339. The molecule has 4 heteroatoms. The molecule has 0 heterocycles. The van der Waals surface area contributed by atoms with Gasteiger partial charge in [-0.15, -0.1) is 0 Å². The molecule has 1 aromatic carbocycles. The summed E-state index contributed by atoms with van der Waals surface area (Å²) in [7, 11) is 0. The third-order valence-electron chi connectivity index (χ3n) is 2.49. The smallest absolute Gasteiger partial charge is 0.353 e. The van der Waals surface area contributed by atoms with Crippen LogP contribution in [0.15, 0.2) is 30.3 Å². The van der Waals surface area contributed by atoms with Gasteiger partial charge in [0.05, 0.1) is 19.8 Å². The van der Waals surface area contributed by atoms with E-state index in [9.17, 15) is 5.11 Å². The van der Waals surface area contributed by atoms with Crippen LogP contribution in [0.3, 0.4) is 0 Å². The van der Waals surface area contributed by atoms with E-state index in [1.807, 2.05) is 51.1 Å². The highest BCUT2D eigenvalue weighted by Crippen LogP contribution is 2.14. The van der Waals surface area contributed by atoms with Crippen LogP contribution in [-0.2, 0) is 14.2 Å². The second-order valence-electron chi connectivity index (χ2n) is 4.16. The average molecular weight is 302 g/mol. The number of benzene rings is 1. The number of aliphatic hydroxyl groups excluding tert-OH is 1. The number of rotatable bonds is 6. The van der Waals surface area contributed by atoms with Gasteiger partial charge in [0.1, 0.15) is 0 Å². The third kappa shape index (κ3) is 6.30. The molecule has 1 atom stereocenters. The van der Waals surface area contributed by atoms with Gasteiger partial charge in [0.25, 0.3) is 0 Å². The Morgan fingerprint density at radius 3 is 2.00 bits per heavy atom. The fourth-order valence-corrected chi connectivity index (χ4v) is 1.67. The predicted octanol–water partition coefficient (Wildman–Crippen LogP) is 2.17. The molecule has 0 aliphatic rings. The molecule has 0 aliphatic heterocycles. The van der Waals surface area contributed by atoms with Crippen LogP contribution in [0.4, 0.5) is 0 Å². The van der Waals surface area contributed by atoms with E-state index in [0.29, 0.717) is 19.8 Å². The molecule has 0 aliphatic carbocycles. The summed E-state index contributed by atoms with van der Waals surface area (Å²) in [5.41, 5.74) is 0.814. The van der Waals surface area contributed by atoms with E-state index < -0.39 is 12.1 Å². The Morgan fingerprint density at radius 1 is 0.955 bits per heavy atom. The van der Waals surface area contributed by atoms with Gasteiger partial charge in [-0.2, -0.15) is 0 Å². The van der Waals surface area contributed by atoms with Crippen molar-refractivity contribution in [3.05, 3.63) is 35.9 Å². The van der Waals surface area contributed by atoms with Crippen LogP contribution in [0, 0.1) is 23.7 Å². The largest absolute Gasteiger partial charge is 0.369 e. The second kappa shape index (κ2) is 10.00. The van der Waals surface area contributed by atoms with Gasteiger partial charge in [-0.05, 0) is 44.7 Å². The van der Waals surface area contributed by atoms with Gasteiger partial charge in [-0.25, -0.2) is 0 Å². The third-order valence-corrected chi connectivity index (χ3v) is 2.49.